The number of benzene rings is 2. The summed E-state index contributed by atoms with van der Waals surface area (Å²) in [5, 5.41) is 6.78. The number of carbonyl (C=O) groups excluding carboxylic acids is 1. The maximum absolute atomic E-state index is 12.0. The zero-order valence-electron chi connectivity index (χ0n) is 12.4. The van der Waals surface area contributed by atoms with E-state index in [1.54, 1.807) is 17.8 Å². The molecular weight excluding hydrogens is 308 g/mol. The van der Waals surface area contributed by atoms with E-state index >= 15 is 0 Å². The lowest BCUT2D eigenvalue weighted by atomic mass is 10.1. The van der Waals surface area contributed by atoms with Gasteiger partial charge in [-0.25, -0.2) is 0 Å². The molecule has 1 N–H and O–H groups in total. The van der Waals surface area contributed by atoms with Gasteiger partial charge in [0.15, 0.2) is 0 Å². The molecule has 0 spiro atoms. The molecule has 0 aliphatic carbocycles. The number of aromatic nitrogens is 1. The van der Waals surface area contributed by atoms with E-state index in [-0.39, 0.29) is 11.7 Å². The van der Waals surface area contributed by atoms with Crippen LogP contribution in [0.4, 0.5) is 0 Å². The van der Waals surface area contributed by atoms with Crippen molar-refractivity contribution in [3.05, 3.63) is 72.5 Å². The van der Waals surface area contributed by atoms with Gasteiger partial charge in [-0.1, -0.05) is 53.7 Å². The Hall–Kier alpha value is -2.53. The van der Waals surface area contributed by atoms with Gasteiger partial charge < -0.3 is 9.84 Å². The molecule has 2 aromatic carbocycles. The first-order valence-corrected chi connectivity index (χ1v) is 8.30. The molecule has 0 saturated carbocycles. The van der Waals surface area contributed by atoms with Crippen molar-refractivity contribution in [1.82, 2.24) is 10.5 Å². The predicted octanol–water partition coefficient (Wildman–Crippen LogP) is 3.86. The minimum absolute atomic E-state index is 0.230. The monoisotopic (exact) mass is 324 g/mol. The van der Waals surface area contributed by atoms with Gasteiger partial charge in [0.05, 0.1) is 0 Å². The van der Waals surface area contributed by atoms with Crippen LogP contribution in [0, 0.1) is 0 Å². The number of rotatable bonds is 6. The SMILES string of the molecule is O=C(NCCSc1ccccc1)c1cc(-c2ccccc2)no1. The first-order chi connectivity index (χ1) is 11.3. The molecule has 0 saturated heterocycles. The van der Waals surface area contributed by atoms with Gasteiger partial charge >= 0.3 is 0 Å². The van der Waals surface area contributed by atoms with Crippen LogP contribution in [0.2, 0.25) is 0 Å². The van der Waals surface area contributed by atoms with Gasteiger partial charge in [0.25, 0.3) is 5.91 Å². The molecule has 0 bridgehead atoms. The number of nitrogens with zero attached hydrogens (tertiary/aromatic N) is 1. The van der Waals surface area contributed by atoms with Crippen LogP contribution in [0.25, 0.3) is 11.3 Å². The third kappa shape index (κ3) is 4.23. The molecule has 0 unspecified atom stereocenters. The molecule has 3 aromatic rings. The molecule has 5 heteroatoms. The Morgan fingerprint density at radius 1 is 1.04 bits per heavy atom. The highest BCUT2D eigenvalue weighted by molar-refractivity contribution is 7.99. The molecule has 1 amide bonds. The molecular formula is C18H16N2O2S. The van der Waals surface area contributed by atoms with Crippen molar-refractivity contribution in [2.24, 2.45) is 0 Å². The topological polar surface area (TPSA) is 55.1 Å². The molecule has 1 aromatic heterocycles. The summed E-state index contributed by atoms with van der Waals surface area (Å²) in [7, 11) is 0. The Morgan fingerprint density at radius 2 is 1.74 bits per heavy atom. The maximum atomic E-state index is 12.0. The second-order valence-corrected chi connectivity index (χ2v) is 6.03. The summed E-state index contributed by atoms with van der Waals surface area (Å²) < 4.78 is 5.13. The van der Waals surface area contributed by atoms with Gasteiger partial charge in [0.1, 0.15) is 5.69 Å². The van der Waals surface area contributed by atoms with Crippen molar-refractivity contribution < 1.29 is 9.32 Å². The van der Waals surface area contributed by atoms with Gasteiger partial charge in [-0.15, -0.1) is 11.8 Å². The Labute approximate surface area is 138 Å². The summed E-state index contributed by atoms with van der Waals surface area (Å²) in [4.78, 5) is 13.2. The zero-order valence-corrected chi connectivity index (χ0v) is 13.3. The largest absolute Gasteiger partial charge is 0.350 e. The average molecular weight is 324 g/mol. The van der Waals surface area contributed by atoms with Crippen molar-refractivity contribution in [2.45, 2.75) is 4.90 Å². The zero-order chi connectivity index (χ0) is 15.9. The number of hydrogen-bond acceptors (Lipinski definition) is 4. The second kappa shape index (κ2) is 7.65. The van der Waals surface area contributed by atoms with Crippen LogP contribution >= 0.6 is 11.8 Å². The van der Waals surface area contributed by atoms with Gasteiger partial charge in [-0.3, -0.25) is 4.79 Å². The van der Waals surface area contributed by atoms with E-state index in [1.807, 2.05) is 48.5 Å². The van der Waals surface area contributed by atoms with Crippen LogP contribution in [0.15, 0.2) is 76.1 Å². The van der Waals surface area contributed by atoms with Crippen LogP contribution < -0.4 is 5.32 Å². The minimum Gasteiger partial charge on any atom is -0.350 e. The van der Waals surface area contributed by atoms with Gasteiger partial charge in [-0.05, 0) is 12.1 Å². The smallest absolute Gasteiger partial charge is 0.289 e. The Bertz CT molecular complexity index is 757. The first kappa shape index (κ1) is 15.4. The van der Waals surface area contributed by atoms with Gasteiger partial charge in [0, 0.05) is 28.8 Å². The van der Waals surface area contributed by atoms with Crippen molar-refractivity contribution >= 4 is 17.7 Å². The Balaban J connectivity index is 1.50. The summed E-state index contributed by atoms with van der Waals surface area (Å²) in [5.41, 5.74) is 1.59. The van der Waals surface area contributed by atoms with E-state index < -0.39 is 0 Å². The lowest BCUT2D eigenvalue weighted by Crippen LogP contribution is -2.25. The molecule has 0 fully saturated rings. The maximum Gasteiger partial charge on any atom is 0.289 e. The van der Waals surface area contributed by atoms with Crippen molar-refractivity contribution in [3.8, 4) is 11.3 Å². The molecule has 4 nitrogen and oxygen atoms in total. The number of amides is 1. The summed E-state index contributed by atoms with van der Waals surface area (Å²) in [6.07, 6.45) is 0. The van der Waals surface area contributed by atoms with Crippen LogP contribution in [-0.4, -0.2) is 23.4 Å². The average Bonchev–Trinajstić information content (AvgIpc) is 3.10. The first-order valence-electron chi connectivity index (χ1n) is 7.31. The summed E-state index contributed by atoms with van der Waals surface area (Å²) in [5.74, 6) is 0.789. The van der Waals surface area contributed by atoms with Crippen molar-refractivity contribution in [3.63, 3.8) is 0 Å². The standard InChI is InChI=1S/C18H16N2O2S/c21-18(19-11-12-23-15-9-5-2-6-10-15)17-13-16(20-22-17)14-7-3-1-4-8-14/h1-10,13H,11-12H2,(H,19,21). The van der Waals surface area contributed by atoms with E-state index in [2.05, 4.69) is 22.6 Å². The summed E-state index contributed by atoms with van der Waals surface area (Å²) in [6.45, 7) is 0.569. The van der Waals surface area contributed by atoms with Gasteiger partial charge in [0.2, 0.25) is 5.76 Å². The van der Waals surface area contributed by atoms with Crippen LogP contribution in [-0.2, 0) is 0 Å². The molecule has 0 radical (unpaired) electrons. The van der Waals surface area contributed by atoms with Crippen molar-refractivity contribution in [1.29, 1.82) is 0 Å². The molecule has 0 aliphatic heterocycles. The van der Waals surface area contributed by atoms with Crippen LogP contribution in [0.1, 0.15) is 10.6 Å². The molecule has 23 heavy (non-hydrogen) atoms. The third-order valence-corrected chi connectivity index (χ3v) is 4.22. The number of nitrogens with one attached hydrogen (secondary N) is 1. The summed E-state index contributed by atoms with van der Waals surface area (Å²) in [6, 6.07) is 21.4. The predicted molar refractivity (Wildman–Crippen MR) is 91.4 cm³/mol. The van der Waals surface area contributed by atoms with E-state index in [1.165, 1.54) is 4.90 Å². The third-order valence-electron chi connectivity index (χ3n) is 3.20. The summed E-state index contributed by atoms with van der Waals surface area (Å²) >= 11 is 1.70. The number of carbonyl (C=O) groups is 1. The van der Waals surface area contributed by atoms with E-state index in [4.69, 9.17) is 4.52 Å². The second-order valence-electron chi connectivity index (χ2n) is 4.86. The fraction of sp³-hybridized carbons (Fsp3) is 0.111. The fourth-order valence-corrected chi connectivity index (χ4v) is 2.85. The van der Waals surface area contributed by atoms with Crippen molar-refractivity contribution in [2.75, 3.05) is 12.3 Å². The quantitative estimate of drug-likeness (QED) is 0.552. The lowest BCUT2D eigenvalue weighted by molar-refractivity contribution is 0.0919. The van der Waals surface area contributed by atoms with Crippen LogP contribution in [0.3, 0.4) is 0 Å². The lowest BCUT2D eigenvalue weighted by Gasteiger charge is -2.02. The molecule has 0 aliphatic rings. The normalized spacial score (nSPS) is 10.4. The minimum atomic E-state index is -0.242. The van der Waals surface area contributed by atoms with E-state index in [9.17, 15) is 4.79 Å². The van der Waals surface area contributed by atoms with E-state index in [0.29, 0.717) is 12.2 Å². The fourth-order valence-electron chi connectivity index (χ4n) is 2.06. The van der Waals surface area contributed by atoms with Gasteiger partial charge in [-0.2, -0.15) is 0 Å². The Morgan fingerprint density at radius 3 is 2.48 bits per heavy atom. The number of thioether (sulfide) groups is 1. The highest BCUT2D eigenvalue weighted by atomic mass is 32.2. The van der Waals surface area contributed by atoms with E-state index in [0.717, 1.165) is 11.3 Å². The Kier molecular flexibility index (Phi) is 5.11. The molecule has 0 atom stereocenters. The van der Waals surface area contributed by atoms with Crippen LogP contribution in [0.5, 0.6) is 0 Å². The molecule has 3 rings (SSSR count). The molecule has 116 valence electrons. The number of hydrogen-bond donors (Lipinski definition) is 1. The highest BCUT2D eigenvalue weighted by Gasteiger charge is 2.13. The molecule has 1 heterocycles. The highest BCUT2D eigenvalue weighted by Crippen LogP contribution is 2.19.